The van der Waals surface area contributed by atoms with Crippen molar-refractivity contribution in [1.82, 2.24) is 0 Å². The average molecular weight is 376 g/mol. The third kappa shape index (κ3) is 4.82. The Morgan fingerprint density at radius 1 is 1.08 bits per heavy atom. The van der Waals surface area contributed by atoms with Crippen LogP contribution in [0.4, 0.5) is 11.4 Å². The van der Waals surface area contributed by atoms with Gasteiger partial charge in [-0.15, -0.1) is 0 Å². The Labute approximate surface area is 152 Å². The summed E-state index contributed by atoms with van der Waals surface area (Å²) in [5.41, 5.74) is 0.867. The van der Waals surface area contributed by atoms with Crippen LogP contribution in [0.25, 0.3) is 0 Å². The van der Waals surface area contributed by atoms with Gasteiger partial charge >= 0.3 is 0 Å². The van der Waals surface area contributed by atoms with Gasteiger partial charge in [0.1, 0.15) is 5.75 Å². The van der Waals surface area contributed by atoms with Crippen LogP contribution in [-0.2, 0) is 10.0 Å². The molecule has 0 aliphatic rings. The molecule has 3 N–H and O–H groups in total. The van der Waals surface area contributed by atoms with E-state index in [0.717, 1.165) is 0 Å². The molecule has 26 heavy (non-hydrogen) atoms. The molecule has 0 fully saturated rings. The number of hydrogen-bond acceptors (Lipinski definition) is 5. The summed E-state index contributed by atoms with van der Waals surface area (Å²) in [5.74, 6) is -1.09. The highest BCUT2D eigenvalue weighted by atomic mass is 32.2. The fourth-order valence-electron chi connectivity index (χ4n) is 2.31. The van der Waals surface area contributed by atoms with Gasteiger partial charge in [0.2, 0.25) is 10.0 Å². The van der Waals surface area contributed by atoms with Crippen LogP contribution in [0.3, 0.4) is 0 Å². The molecule has 2 aromatic rings. The lowest BCUT2D eigenvalue weighted by molar-refractivity contribution is 0.100. The number of sulfonamides is 1. The summed E-state index contributed by atoms with van der Waals surface area (Å²) in [7, 11) is -3.40. The van der Waals surface area contributed by atoms with Crippen LogP contribution in [0, 0.1) is 0 Å². The number of rotatable bonds is 7. The molecule has 0 spiro atoms. The zero-order valence-corrected chi connectivity index (χ0v) is 15.3. The van der Waals surface area contributed by atoms with Crippen LogP contribution in [0.1, 0.15) is 41.0 Å². The molecule has 8 heteroatoms. The molecule has 0 radical (unpaired) electrons. The zero-order chi connectivity index (χ0) is 19.3. The van der Waals surface area contributed by atoms with Crippen LogP contribution in [0.5, 0.6) is 5.75 Å². The van der Waals surface area contributed by atoms with Gasteiger partial charge in [-0.25, -0.2) is 8.42 Å². The molecule has 0 unspecified atom stereocenters. The molecular weight excluding hydrogens is 356 g/mol. The topological polar surface area (TPSA) is 113 Å². The lowest BCUT2D eigenvalue weighted by Crippen LogP contribution is -2.16. The van der Waals surface area contributed by atoms with Gasteiger partial charge in [0.15, 0.2) is 5.78 Å². The first-order valence-electron chi connectivity index (χ1n) is 7.98. The number of nitrogens with one attached hydrogen (secondary N) is 2. The van der Waals surface area contributed by atoms with Gasteiger partial charge in [-0.1, -0.05) is 13.0 Å². The molecule has 138 valence electrons. The standard InChI is InChI=1S/C18H20N2O5S/c1-3-11-26(24,25)20-14-9-7-13(8-10-14)18(23)19-16-6-4-5-15(12(2)21)17(16)22/h4-10,20,22H,3,11H2,1-2H3,(H,19,23). The fourth-order valence-corrected chi connectivity index (χ4v) is 3.45. The number of hydrogen-bond donors (Lipinski definition) is 3. The van der Waals surface area contributed by atoms with Crippen molar-refractivity contribution in [2.24, 2.45) is 0 Å². The van der Waals surface area contributed by atoms with Crippen LogP contribution in [-0.4, -0.2) is 31.0 Å². The van der Waals surface area contributed by atoms with Gasteiger partial charge < -0.3 is 10.4 Å². The van der Waals surface area contributed by atoms with Crippen molar-refractivity contribution in [2.45, 2.75) is 20.3 Å². The second-order valence-corrected chi connectivity index (χ2v) is 7.55. The molecule has 0 atom stereocenters. The number of para-hydroxylation sites is 1. The van der Waals surface area contributed by atoms with E-state index in [4.69, 9.17) is 0 Å². The number of amides is 1. The summed E-state index contributed by atoms with van der Waals surface area (Å²) in [6.45, 7) is 3.09. The van der Waals surface area contributed by atoms with Crippen molar-refractivity contribution in [1.29, 1.82) is 0 Å². The summed E-state index contributed by atoms with van der Waals surface area (Å²) >= 11 is 0. The molecule has 0 heterocycles. The molecule has 0 saturated heterocycles. The quantitative estimate of drug-likeness (QED) is 0.508. The third-order valence-electron chi connectivity index (χ3n) is 3.56. The number of anilines is 2. The van der Waals surface area contributed by atoms with Crippen molar-refractivity contribution in [3.8, 4) is 5.75 Å². The molecule has 0 aliphatic heterocycles. The number of benzene rings is 2. The molecular formula is C18H20N2O5S. The largest absolute Gasteiger partial charge is 0.505 e. The molecule has 0 saturated carbocycles. The number of aromatic hydroxyl groups is 1. The van der Waals surface area contributed by atoms with Crippen LogP contribution in [0.2, 0.25) is 0 Å². The molecule has 1 amide bonds. The lowest BCUT2D eigenvalue weighted by atomic mass is 10.1. The SMILES string of the molecule is CCCS(=O)(=O)Nc1ccc(C(=O)Nc2cccc(C(C)=O)c2O)cc1. The van der Waals surface area contributed by atoms with E-state index in [9.17, 15) is 23.1 Å². The number of phenols is 1. The van der Waals surface area contributed by atoms with Gasteiger partial charge in [0.05, 0.1) is 17.0 Å². The van der Waals surface area contributed by atoms with Gasteiger partial charge in [-0.05, 0) is 49.7 Å². The number of phenolic OH excluding ortho intramolecular Hbond substituents is 1. The minimum absolute atomic E-state index is 0.0149. The third-order valence-corrected chi connectivity index (χ3v) is 5.05. The normalized spacial score (nSPS) is 11.0. The highest BCUT2D eigenvalue weighted by Crippen LogP contribution is 2.28. The summed E-state index contributed by atoms with van der Waals surface area (Å²) in [5, 5.41) is 12.6. The summed E-state index contributed by atoms with van der Waals surface area (Å²) < 4.78 is 25.9. The van der Waals surface area contributed by atoms with Crippen LogP contribution < -0.4 is 10.0 Å². The fraction of sp³-hybridized carbons (Fsp3) is 0.222. The van der Waals surface area contributed by atoms with E-state index in [-0.39, 0.29) is 34.1 Å². The Bertz CT molecular complexity index is 921. The van der Waals surface area contributed by atoms with Gasteiger partial charge in [0, 0.05) is 11.3 Å². The van der Waals surface area contributed by atoms with E-state index in [1.807, 2.05) is 0 Å². The van der Waals surface area contributed by atoms with E-state index in [0.29, 0.717) is 12.1 Å². The van der Waals surface area contributed by atoms with E-state index >= 15 is 0 Å². The molecule has 0 aliphatic carbocycles. The highest BCUT2D eigenvalue weighted by Gasteiger charge is 2.14. The van der Waals surface area contributed by atoms with Crippen molar-refractivity contribution in [2.75, 3.05) is 15.8 Å². The minimum Gasteiger partial charge on any atom is -0.505 e. The summed E-state index contributed by atoms with van der Waals surface area (Å²) in [6, 6.07) is 10.4. The Morgan fingerprint density at radius 2 is 1.73 bits per heavy atom. The van der Waals surface area contributed by atoms with Crippen LogP contribution in [0.15, 0.2) is 42.5 Å². The van der Waals surface area contributed by atoms with Crippen molar-refractivity contribution in [3.05, 3.63) is 53.6 Å². The number of ketones is 1. The maximum absolute atomic E-state index is 12.3. The Balaban J connectivity index is 2.14. The number of carbonyl (C=O) groups is 2. The average Bonchev–Trinajstić information content (AvgIpc) is 2.56. The number of Topliss-reactive ketones (excluding diaryl/α,β-unsaturated/α-hetero) is 1. The first kappa shape index (κ1) is 19.5. The maximum atomic E-state index is 12.3. The first-order chi connectivity index (χ1) is 12.2. The van der Waals surface area contributed by atoms with Gasteiger partial charge in [0.25, 0.3) is 5.91 Å². The minimum atomic E-state index is -3.40. The predicted octanol–water partition coefficient (Wildman–Crippen LogP) is 3.00. The monoisotopic (exact) mass is 376 g/mol. The summed E-state index contributed by atoms with van der Waals surface area (Å²) in [6.07, 6.45) is 0.499. The Morgan fingerprint density at radius 3 is 2.31 bits per heavy atom. The van der Waals surface area contributed by atoms with Gasteiger partial charge in [-0.3, -0.25) is 14.3 Å². The Kier molecular flexibility index (Phi) is 5.99. The lowest BCUT2D eigenvalue weighted by Gasteiger charge is -2.10. The van der Waals surface area contributed by atoms with Crippen molar-refractivity contribution < 1.29 is 23.1 Å². The van der Waals surface area contributed by atoms with Gasteiger partial charge in [-0.2, -0.15) is 0 Å². The zero-order valence-electron chi connectivity index (χ0n) is 14.4. The van der Waals surface area contributed by atoms with E-state index in [1.165, 1.54) is 43.3 Å². The molecule has 7 nitrogen and oxygen atoms in total. The highest BCUT2D eigenvalue weighted by molar-refractivity contribution is 7.92. The maximum Gasteiger partial charge on any atom is 0.255 e. The molecule has 0 aromatic heterocycles. The molecule has 2 rings (SSSR count). The molecule has 0 bridgehead atoms. The van der Waals surface area contributed by atoms with Crippen molar-refractivity contribution in [3.63, 3.8) is 0 Å². The van der Waals surface area contributed by atoms with E-state index in [2.05, 4.69) is 10.0 Å². The van der Waals surface area contributed by atoms with Crippen LogP contribution >= 0.6 is 0 Å². The first-order valence-corrected chi connectivity index (χ1v) is 9.63. The predicted molar refractivity (Wildman–Crippen MR) is 100 cm³/mol. The summed E-state index contributed by atoms with van der Waals surface area (Å²) in [4.78, 5) is 23.7. The van der Waals surface area contributed by atoms with E-state index < -0.39 is 15.9 Å². The second kappa shape index (κ2) is 8.01. The number of carbonyl (C=O) groups excluding carboxylic acids is 2. The Hall–Kier alpha value is -2.87. The smallest absolute Gasteiger partial charge is 0.255 e. The molecule has 2 aromatic carbocycles. The van der Waals surface area contributed by atoms with E-state index in [1.54, 1.807) is 13.0 Å². The van der Waals surface area contributed by atoms with Crippen molar-refractivity contribution >= 4 is 33.1 Å². The second-order valence-electron chi connectivity index (χ2n) is 5.71.